The van der Waals surface area contributed by atoms with E-state index in [1.807, 2.05) is 11.5 Å². The number of amides is 1. The predicted octanol–water partition coefficient (Wildman–Crippen LogP) is 3.29. The number of benzene rings is 1. The molecule has 3 aliphatic carbocycles. The van der Waals surface area contributed by atoms with Crippen LogP contribution in [0.3, 0.4) is 0 Å². The van der Waals surface area contributed by atoms with Crippen LogP contribution in [0.5, 0.6) is 0 Å². The summed E-state index contributed by atoms with van der Waals surface area (Å²) >= 11 is 0. The third-order valence-electron chi connectivity index (χ3n) is 6.43. The molecule has 130 valence electrons. The van der Waals surface area contributed by atoms with Crippen LogP contribution in [0.4, 0.5) is 4.39 Å². The molecule has 3 fully saturated rings. The minimum absolute atomic E-state index is 0.0995. The van der Waals surface area contributed by atoms with Gasteiger partial charge in [0.05, 0.1) is 11.1 Å². The number of hydrogen-bond donors (Lipinski definition) is 1. The van der Waals surface area contributed by atoms with Crippen molar-refractivity contribution in [2.24, 2.45) is 11.3 Å². The summed E-state index contributed by atoms with van der Waals surface area (Å²) in [5.74, 6) is 0.440. The van der Waals surface area contributed by atoms with Crippen LogP contribution >= 0.6 is 0 Å². The summed E-state index contributed by atoms with van der Waals surface area (Å²) in [6.45, 7) is 3.37. The van der Waals surface area contributed by atoms with Crippen molar-refractivity contribution in [3.63, 3.8) is 0 Å². The minimum atomic E-state index is -0.373. The van der Waals surface area contributed by atoms with E-state index >= 15 is 0 Å². The molecule has 0 unspecified atom stereocenters. The number of aryl methyl sites for hydroxylation is 1. The maximum atomic E-state index is 13.7. The maximum Gasteiger partial charge on any atom is 0.253 e. The van der Waals surface area contributed by atoms with Crippen molar-refractivity contribution in [1.29, 1.82) is 0 Å². The van der Waals surface area contributed by atoms with Gasteiger partial charge in [0.2, 0.25) is 0 Å². The molecular formula is C20H24BFN2O. The standard InChI is InChI=1S/C20H24BFN2O/c1-2-24-11-15(18-16(21)9-14(22)10-17(18)24)19(25)23-12-20-6-3-13(4-7-20)5-8-20/h9-11,13H,2-8,12H2,1H3,(H,23,25). The Morgan fingerprint density at radius 2 is 2.00 bits per heavy atom. The second-order valence-electron chi connectivity index (χ2n) is 7.88. The zero-order chi connectivity index (χ0) is 17.6. The van der Waals surface area contributed by atoms with Gasteiger partial charge < -0.3 is 9.88 Å². The van der Waals surface area contributed by atoms with E-state index in [4.69, 9.17) is 7.85 Å². The first-order chi connectivity index (χ1) is 12.0. The minimum Gasteiger partial charge on any atom is -0.351 e. The number of carbonyl (C=O) groups is 1. The Bertz CT molecular complexity index is 807. The number of rotatable bonds is 4. The molecule has 0 aliphatic heterocycles. The lowest BCUT2D eigenvalue weighted by atomic mass is 9.61. The first kappa shape index (κ1) is 16.7. The number of nitrogens with zero attached hydrogens (tertiary/aromatic N) is 1. The Kier molecular flexibility index (Phi) is 4.13. The van der Waals surface area contributed by atoms with Crippen LogP contribution in [0.1, 0.15) is 55.8 Å². The van der Waals surface area contributed by atoms with Crippen LogP contribution in [0.25, 0.3) is 10.9 Å². The number of aromatic nitrogens is 1. The normalized spacial score (nSPS) is 25.4. The summed E-state index contributed by atoms with van der Waals surface area (Å²) in [4.78, 5) is 12.9. The van der Waals surface area contributed by atoms with Gasteiger partial charge in [-0.15, -0.1) is 0 Å². The SMILES string of the molecule is [B]c1cc(F)cc2c1c(C(=O)NCC13CCC(CC1)CC3)cn2CC. The summed E-state index contributed by atoms with van der Waals surface area (Å²) in [5, 5.41) is 3.81. The zero-order valence-electron chi connectivity index (χ0n) is 14.8. The average Bonchev–Trinajstić information content (AvgIpc) is 3.00. The lowest BCUT2D eigenvalue weighted by Crippen LogP contribution is -2.43. The van der Waals surface area contributed by atoms with Crippen LogP contribution < -0.4 is 10.8 Å². The van der Waals surface area contributed by atoms with Crippen molar-refractivity contribution in [3.05, 3.63) is 29.7 Å². The van der Waals surface area contributed by atoms with Crippen molar-refractivity contribution in [3.8, 4) is 0 Å². The highest BCUT2D eigenvalue weighted by atomic mass is 19.1. The molecule has 0 spiro atoms. The topological polar surface area (TPSA) is 34.0 Å². The largest absolute Gasteiger partial charge is 0.351 e. The first-order valence-corrected chi connectivity index (χ1v) is 9.37. The lowest BCUT2D eigenvalue weighted by Gasteiger charge is -2.46. The van der Waals surface area contributed by atoms with Gasteiger partial charge in [0.15, 0.2) is 0 Å². The third-order valence-corrected chi connectivity index (χ3v) is 6.43. The summed E-state index contributed by atoms with van der Waals surface area (Å²) in [7, 11) is 6.03. The molecule has 1 aromatic heterocycles. The highest BCUT2D eigenvalue weighted by Crippen LogP contribution is 2.49. The third kappa shape index (κ3) is 2.88. The second kappa shape index (κ2) is 6.19. The summed E-state index contributed by atoms with van der Waals surface area (Å²) in [5.41, 5.74) is 1.84. The van der Waals surface area contributed by atoms with Crippen LogP contribution in [0.15, 0.2) is 18.3 Å². The molecule has 0 saturated heterocycles. The molecule has 2 bridgehead atoms. The van der Waals surface area contributed by atoms with Crippen LogP contribution in [-0.2, 0) is 6.54 Å². The molecular weight excluding hydrogens is 314 g/mol. The zero-order valence-corrected chi connectivity index (χ0v) is 14.8. The van der Waals surface area contributed by atoms with E-state index in [0.29, 0.717) is 28.5 Å². The van der Waals surface area contributed by atoms with Crippen LogP contribution in [-0.4, -0.2) is 24.9 Å². The first-order valence-electron chi connectivity index (χ1n) is 9.37. The number of hydrogen-bond acceptors (Lipinski definition) is 1. The lowest BCUT2D eigenvalue weighted by molar-refractivity contribution is 0.0598. The van der Waals surface area contributed by atoms with Gasteiger partial charge in [-0.05, 0) is 68.9 Å². The van der Waals surface area contributed by atoms with E-state index in [-0.39, 0.29) is 17.1 Å². The summed E-state index contributed by atoms with van der Waals surface area (Å²) < 4.78 is 15.6. The molecule has 5 rings (SSSR count). The van der Waals surface area contributed by atoms with Gasteiger partial charge in [-0.3, -0.25) is 4.79 Å². The molecule has 25 heavy (non-hydrogen) atoms. The van der Waals surface area contributed by atoms with E-state index in [0.717, 1.165) is 12.5 Å². The van der Waals surface area contributed by atoms with Crippen molar-refractivity contribution in [2.45, 2.75) is 52.0 Å². The number of nitrogens with one attached hydrogen (secondary N) is 1. The number of halogens is 1. The smallest absolute Gasteiger partial charge is 0.253 e. The van der Waals surface area contributed by atoms with E-state index in [9.17, 15) is 9.18 Å². The average molecular weight is 338 g/mol. The fourth-order valence-corrected chi connectivity index (χ4v) is 4.82. The number of fused-ring (bicyclic) bond motifs is 4. The van der Waals surface area contributed by atoms with Crippen molar-refractivity contribution >= 4 is 30.1 Å². The predicted molar refractivity (Wildman–Crippen MR) is 98.9 cm³/mol. The summed E-state index contributed by atoms with van der Waals surface area (Å²) in [6.07, 6.45) is 9.38. The molecule has 1 aromatic carbocycles. The summed E-state index contributed by atoms with van der Waals surface area (Å²) in [6, 6.07) is 2.74. The highest BCUT2D eigenvalue weighted by Gasteiger charge is 2.40. The van der Waals surface area contributed by atoms with Crippen LogP contribution in [0.2, 0.25) is 0 Å². The molecule has 1 amide bonds. The second-order valence-corrected chi connectivity index (χ2v) is 7.88. The van der Waals surface area contributed by atoms with E-state index in [1.54, 1.807) is 6.20 Å². The van der Waals surface area contributed by atoms with E-state index in [2.05, 4.69) is 5.32 Å². The van der Waals surface area contributed by atoms with Crippen LogP contribution in [0, 0.1) is 17.2 Å². The fourth-order valence-electron chi connectivity index (χ4n) is 4.82. The van der Waals surface area contributed by atoms with Gasteiger partial charge in [-0.1, -0.05) is 5.46 Å². The highest BCUT2D eigenvalue weighted by molar-refractivity contribution is 6.40. The van der Waals surface area contributed by atoms with Gasteiger partial charge in [0.25, 0.3) is 5.91 Å². The molecule has 1 N–H and O–H groups in total. The van der Waals surface area contributed by atoms with E-state index < -0.39 is 0 Å². The van der Waals surface area contributed by atoms with Gasteiger partial charge in [0.1, 0.15) is 13.7 Å². The molecule has 5 heteroatoms. The van der Waals surface area contributed by atoms with Crippen molar-refractivity contribution in [1.82, 2.24) is 9.88 Å². The molecule has 2 aromatic rings. The molecule has 1 heterocycles. The van der Waals surface area contributed by atoms with Gasteiger partial charge >= 0.3 is 0 Å². The Hall–Kier alpha value is -1.78. The Labute approximate surface area is 149 Å². The quantitative estimate of drug-likeness (QED) is 0.853. The van der Waals surface area contributed by atoms with Crippen molar-refractivity contribution in [2.75, 3.05) is 6.54 Å². The van der Waals surface area contributed by atoms with E-state index in [1.165, 1.54) is 50.7 Å². The Morgan fingerprint density at radius 1 is 1.32 bits per heavy atom. The molecule has 3 saturated carbocycles. The molecule has 3 nitrogen and oxygen atoms in total. The Balaban J connectivity index is 1.60. The fraction of sp³-hybridized carbons (Fsp3) is 0.550. The maximum absolute atomic E-state index is 13.7. The van der Waals surface area contributed by atoms with Gasteiger partial charge in [0, 0.05) is 24.7 Å². The number of carbonyl (C=O) groups excluding carboxylic acids is 1. The Morgan fingerprint density at radius 3 is 2.64 bits per heavy atom. The van der Waals surface area contributed by atoms with Gasteiger partial charge in [-0.2, -0.15) is 0 Å². The molecule has 2 radical (unpaired) electrons. The molecule has 0 atom stereocenters. The van der Waals surface area contributed by atoms with Crippen molar-refractivity contribution < 1.29 is 9.18 Å². The van der Waals surface area contributed by atoms with Gasteiger partial charge in [-0.25, -0.2) is 4.39 Å². The molecule has 3 aliphatic rings. The monoisotopic (exact) mass is 338 g/mol.